The highest BCUT2D eigenvalue weighted by Crippen LogP contribution is 2.29. The summed E-state index contributed by atoms with van der Waals surface area (Å²) in [5.41, 5.74) is 0.766. The van der Waals surface area contributed by atoms with Gasteiger partial charge in [0.15, 0.2) is 5.82 Å². The smallest absolute Gasteiger partial charge is 0.245 e. The number of aromatic nitrogens is 5. The molecule has 0 aliphatic carbocycles. The Hall–Kier alpha value is -1.54. The minimum atomic E-state index is 0.533. The van der Waals surface area contributed by atoms with Crippen molar-refractivity contribution in [3.63, 3.8) is 0 Å². The van der Waals surface area contributed by atoms with Crippen LogP contribution in [0.3, 0.4) is 0 Å². The third kappa shape index (κ3) is 1.91. The second kappa shape index (κ2) is 4.53. The highest BCUT2D eigenvalue weighted by Gasteiger charge is 2.36. The number of aromatic amines is 1. The Morgan fingerprint density at radius 1 is 1.37 bits per heavy atom. The van der Waals surface area contributed by atoms with E-state index in [0.29, 0.717) is 11.9 Å². The molecule has 4 rings (SSSR count). The van der Waals surface area contributed by atoms with Gasteiger partial charge in [-0.25, -0.2) is 0 Å². The molecule has 2 atom stereocenters. The minimum absolute atomic E-state index is 0.533. The average molecular weight is 277 g/mol. The molecular formula is C11H15N7S. The maximum Gasteiger partial charge on any atom is 0.245 e. The first-order chi connectivity index (χ1) is 9.42. The number of hydrogen-bond acceptors (Lipinski definition) is 7. The van der Waals surface area contributed by atoms with E-state index in [4.69, 9.17) is 0 Å². The van der Waals surface area contributed by atoms with Crippen molar-refractivity contribution in [1.82, 2.24) is 30.1 Å². The van der Waals surface area contributed by atoms with Crippen LogP contribution in [0.4, 0.5) is 5.95 Å². The van der Waals surface area contributed by atoms with E-state index in [1.807, 2.05) is 5.38 Å². The Kier molecular flexibility index (Phi) is 2.70. The van der Waals surface area contributed by atoms with Crippen molar-refractivity contribution < 1.29 is 0 Å². The zero-order valence-corrected chi connectivity index (χ0v) is 11.2. The Morgan fingerprint density at radius 3 is 3.26 bits per heavy atom. The fourth-order valence-corrected chi connectivity index (χ4v) is 3.52. The fraction of sp³-hybridized carbons (Fsp3) is 0.636. The van der Waals surface area contributed by atoms with Gasteiger partial charge in [0.2, 0.25) is 5.95 Å². The molecule has 2 aromatic rings. The van der Waals surface area contributed by atoms with Crippen LogP contribution in [-0.2, 0) is 0 Å². The van der Waals surface area contributed by atoms with E-state index in [0.717, 1.165) is 37.2 Å². The number of anilines is 1. The molecule has 2 aromatic heterocycles. The van der Waals surface area contributed by atoms with Crippen LogP contribution in [0.1, 0.15) is 12.8 Å². The lowest BCUT2D eigenvalue weighted by atomic mass is 9.92. The maximum absolute atomic E-state index is 4.57. The topological polar surface area (TPSA) is 82.6 Å². The second-order valence-electron chi connectivity index (χ2n) is 5.10. The quantitative estimate of drug-likeness (QED) is 0.832. The van der Waals surface area contributed by atoms with Crippen molar-refractivity contribution in [3.05, 3.63) is 5.38 Å². The van der Waals surface area contributed by atoms with Gasteiger partial charge < -0.3 is 10.2 Å². The van der Waals surface area contributed by atoms with Gasteiger partial charge in [0, 0.05) is 31.1 Å². The fourth-order valence-electron chi connectivity index (χ4n) is 3.08. The molecule has 2 aliphatic heterocycles. The van der Waals surface area contributed by atoms with Crippen molar-refractivity contribution in [2.75, 3.05) is 24.5 Å². The molecule has 0 aromatic carbocycles. The van der Waals surface area contributed by atoms with Crippen LogP contribution in [-0.4, -0.2) is 50.4 Å². The standard InChI is InChI=1S/C11H15N7S/c1-2-7-4-12-5-9(7)18(3-1)11-13-10(15-16-11)8-6-19-17-14-8/h6-7,9,12H,1-5H2,(H,13,15,16). The zero-order valence-electron chi connectivity index (χ0n) is 10.4. The summed E-state index contributed by atoms with van der Waals surface area (Å²) < 4.78 is 3.85. The first kappa shape index (κ1) is 11.3. The maximum atomic E-state index is 4.57. The molecule has 0 spiro atoms. The lowest BCUT2D eigenvalue weighted by Gasteiger charge is -2.36. The van der Waals surface area contributed by atoms with Crippen LogP contribution in [0.5, 0.6) is 0 Å². The Morgan fingerprint density at radius 2 is 2.37 bits per heavy atom. The van der Waals surface area contributed by atoms with Crippen molar-refractivity contribution >= 4 is 17.5 Å². The van der Waals surface area contributed by atoms with Crippen molar-refractivity contribution in [2.45, 2.75) is 18.9 Å². The van der Waals surface area contributed by atoms with Gasteiger partial charge in [-0.2, -0.15) is 4.98 Å². The predicted octanol–water partition coefficient (Wildman–Crippen LogP) is 0.511. The summed E-state index contributed by atoms with van der Waals surface area (Å²) in [6, 6.07) is 0.533. The van der Waals surface area contributed by atoms with E-state index >= 15 is 0 Å². The number of rotatable bonds is 2. The molecule has 0 radical (unpaired) electrons. The van der Waals surface area contributed by atoms with Gasteiger partial charge in [-0.3, -0.25) is 5.10 Å². The summed E-state index contributed by atoms with van der Waals surface area (Å²) in [5.74, 6) is 2.23. The van der Waals surface area contributed by atoms with E-state index in [-0.39, 0.29) is 0 Å². The number of H-pyrrole nitrogens is 1. The van der Waals surface area contributed by atoms with E-state index in [2.05, 4.69) is 35.0 Å². The lowest BCUT2D eigenvalue weighted by molar-refractivity contribution is 0.381. The van der Waals surface area contributed by atoms with E-state index < -0.39 is 0 Å². The predicted molar refractivity (Wildman–Crippen MR) is 72.0 cm³/mol. The highest BCUT2D eigenvalue weighted by molar-refractivity contribution is 7.03. The normalized spacial score (nSPS) is 26.6. The number of nitrogens with zero attached hydrogens (tertiary/aromatic N) is 5. The molecule has 0 saturated carbocycles. The Balaban J connectivity index is 1.62. The number of hydrogen-bond donors (Lipinski definition) is 2. The van der Waals surface area contributed by atoms with Gasteiger partial charge >= 0.3 is 0 Å². The van der Waals surface area contributed by atoms with E-state index in [1.54, 1.807) is 0 Å². The molecule has 4 heterocycles. The molecule has 8 heteroatoms. The van der Waals surface area contributed by atoms with Crippen LogP contribution in [0, 0.1) is 5.92 Å². The summed E-state index contributed by atoms with van der Waals surface area (Å²) in [6.07, 6.45) is 2.52. The van der Waals surface area contributed by atoms with Gasteiger partial charge in [0.05, 0.1) is 0 Å². The average Bonchev–Trinajstić information content (AvgIpc) is 3.18. The monoisotopic (exact) mass is 277 g/mol. The molecule has 100 valence electrons. The van der Waals surface area contributed by atoms with Crippen molar-refractivity contribution in [1.29, 1.82) is 0 Å². The number of nitrogens with one attached hydrogen (secondary N) is 2. The molecule has 2 fully saturated rings. The molecule has 2 aliphatic rings. The SMILES string of the molecule is c1snnc1-c1nc(N2CCCC3CNCC32)n[nH]1. The third-order valence-corrected chi connectivity index (χ3v) is 4.52. The highest BCUT2D eigenvalue weighted by atomic mass is 32.1. The lowest BCUT2D eigenvalue weighted by Crippen LogP contribution is -2.45. The van der Waals surface area contributed by atoms with Gasteiger partial charge in [0.25, 0.3) is 0 Å². The Bertz CT molecular complexity index is 551. The zero-order chi connectivity index (χ0) is 12.7. The molecule has 0 amide bonds. The summed E-state index contributed by atoms with van der Waals surface area (Å²) in [6.45, 7) is 3.19. The second-order valence-corrected chi connectivity index (χ2v) is 5.71. The molecule has 19 heavy (non-hydrogen) atoms. The van der Waals surface area contributed by atoms with Crippen LogP contribution < -0.4 is 10.2 Å². The number of piperidine rings is 1. The van der Waals surface area contributed by atoms with Crippen LogP contribution in [0.15, 0.2) is 5.38 Å². The first-order valence-corrected chi connectivity index (χ1v) is 7.42. The minimum Gasteiger partial charge on any atom is -0.335 e. The van der Waals surface area contributed by atoms with Crippen LogP contribution >= 0.6 is 11.5 Å². The summed E-state index contributed by atoms with van der Waals surface area (Å²) in [7, 11) is 0. The van der Waals surface area contributed by atoms with Gasteiger partial charge in [-0.1, -0.05) is 4.49 Å². The molecule has 2 saturated heterocycles. The molecule has 7 nitrogen and oxygen atoms in total. The Labute approximate surface area is 114 Å². The summed E-state index contributed by atoms with van der Waals surface area (Å²) in [5, 5.41) is 16.7. The third-order valence-electron chi connectivity index (χ3n) is 4.01. The van der Waals surface area contributed by atoms with Crippen LogP contribution in [0.25, 0.3) is 11.5 Å². The summed E-state index contributed by atoms with van der Waals surface area (Å²) in [4.78, 5) is 6.90. The molecule has 2 N–H and O–H groups in total. The van der Waals surface area contributed by atoms with E-state index in [1.165, 1.54) is 24.4 Å². The first-order valence-electron chi connectivity index (χ1n) is 6.59. The van der Waals surface area contributed by atoms with Gasteiger partial charge in [-0.05, 0) is 30.3 Å². The largest absolute Gasteiger partial charge is 0.335 e. The van der Waals surface area contributed by atoms with Gasteiger partial charge in [-0.15, -0.1) is 10.2 Å². The van der Waals surface area contributed by atoms with E-state index in [9.17, 15) is 0 Å². The molecular weight excluding hydrogens is 262 g/mol. The molecule has 0 bridgehead atoms. The van der Waals surface area contributed by atoms with Gasteiger partial charge in [0.1, 0.15) is 5.69 Å². The molecule has 2 unspecified atom stereocenters. The van der Waals surface area contributed by atoms with Crippen molar-refractivity contribution in [2.24, 2.45) is 5.92 Å². The van der Waals surface area contributed by atoms with Crippen molar-refractivity contribution in [3.8, 4) is 11.5 Å². The summed E-state index contributed by atoms with van der Waals surface area (Å²) >= 11 is 1.32. The number of fused-ring (bicyclic) bond motifs is 1. The van der Waals surface area contributed by atoms with Crippen LogP contribution in [0.2, 0.25) is 0 Å².